The van der Waals surface area contributed by atoms with Gasteiger partial charge in [0.2, 0.25) is 5.91 Å². The Morgan fingerprint density at radius 3 is 2.69 bits per heavy atom. The van der Waals surface area contributed by atoms with Gasteiger partial charge in [0.05, 0.1) is 12.0 Å². The summed E-state index contributed by atoms with van der Waals surface area (Å²) in [5.74, 6) is 0.0358. The zero-order valence-corrected chi connectivity index (χ0v) is 15.7. The van der Waals surface area contributed by atoms with Crippen LogP contribution in [0.25, 0.3) is 0 Å². The number of aryl methyl sites for hydroxylation is 2. The fourth-order valence-electron chi connectivity index (χ4n) is 4.69. The summed E-state index contributed by atoms with van der Waals surface area (Å²) in [5.41, 5.74) is 5.97. The lowest BCUT2D eigenvalue weighted by molar-refractivity contribution is -0.123. The van der Waals surface area contributed by atoms with Crippen molar-refractivity contribution in [2.75, 3.05) is 13.1 Å². The van der Waals surface area contributed by atoms with E-state index >= 15 is 0 Å². The van der Waals surface area contributed by atoms with Gasteiger partial charge in [-0.05, 0) is 32.3 Å². The van der Waals surface area contributed by atoms with Crippen LogP contribution in [0.4, 0.5) is 0 Å². The molecule has 1 aliphatic heterocycles. The van der Waals surface area contributed by atoms with Crippen molar-refractivity contribution >= 4 is 5.91 Å². The van der Waals surface area contributed by atoms with Crippen LogP contribution in [0.1, 0.15) is 59.8 Å². The number of benzene rings is 1. The van der Waals surface area contributed by atoms with E-state index < -0.39 is 0 Å². The van der Waals surface area contributed by atoms with Crippen LogP contribution in [0.3, 0.4) is 0 Å². The highest BCUT2D eigenvalue weighted by molar-refractivity contribution is 5.83. The third-order valence-corrected chi connectivity index (χ3v) is 6.01. The molecular weight excluding hydrogens is 324 g/mol. The van der Waals surface area contributed by atoms with E-state index in [9.17, 15) is 4.79 Å². The highest BCUT2D eigenvalue weighted by Crippen LogP contribution is 2.41. The second-order valence-electron chi connectivity index (χ2n) is 7.99. The summed E-state index contributed by atoms with van der Waals surface area (Å²) in [6, 6.07) is 6.47. The standard InChI is InChI=1S/C21H28N4O/c1-14-9-15(2)11-16(10-14)21(6-3-4-7-21)12-23-20(26)19-18-17(5-8-22-19)24-13-25-18/h9-11,13,19,22H,3-8,12H2,1-2H3,(H,23,26)(H,24,25)/t19-/m1/s1. The van der Waals surface area contributed by atoms with Gasteiger partial charge in [-0.3, -0.25) is 4.79 Å². The number of nitrogens with one attached hydrogen (secondary N) is 3. The first kappa shape index (κ1) is 17.3. The van der Waals surface area contributed by atoms with E-state index in [1.54, 1.807) is 6.33 Å². The second kappa shape index (κ2) is 6.88. The van der Waals surface area contributed by atoms with Gasteiger partial charge in [0.25, 0.3) is 0 Å². The molecule has 0 radical (unpaired) electrons. The van der Waals surface area contributed by atoms with Crippen molar-refractivity contribution in [1.29, 1.82) is 0 Å². The van der Waals surface area contributed by atoms with Crippen LogP contribution in [-0.4, -0.2) is 29.0 Å². The molecule has 1 aromatic heterocycles. The maximum Gasteiger partial charge on any atom is 0.243 e. The average Bonchev–Trinajstić information content (AvgIpc) is 3.28. The molecule has 0 bridgehead atoms. The van der Waals surface area contributed by atoms with E-state index in [0.717, 1.165) is 37.2 Å². The number of carbonyl (C=O) groups is 1. The number of rotatable bonds is 4. The number of fused-ring (bicyclic) bond motifs is 1. The Bertz CT molecular complexity index is 784. The van der Waals surface area contributed by atoms with Crippen LogP contribution < -0.4 is 10.6 Å². The molecule has 1 aromatic carbocycles. The fraction of sp³-hybridized carbons (Fsp3) is 0.524. The van der Waals surface area contributed by atoms with E-state index in [0.29, 0.717) is 6.54 Å². The Balaban J connectivity index is 1.52. The summed E-state index contributed by atoms with van der Waals surface area (Å²) in [4.78, 5) is 20.4. The SMILES string of the molecule is Cc1cc(C)cc(C2(CNC(=O)[C@@H]3NCCc4[nH]cnc43)CCCC2)c1. The quantitative estimate of drug-likeness (QED) is 0.792. The summed E-state index contributed by atoms with van der Waals surface area (Å²) in [6.07, 6.45) is 7.32. The second-order valence-corrected chi connectivity index (χ2v) is 7.99. The molecule has 5 nitrogen and oxygen atoms in total. The maximum atomic E-state index is 12.9. The fourth-order valence-corrected chi connectivity index (χ4v) is 4.69. The molecule has 4 rings (SSSR count). The summed E-state index contributed by atoms with van der Waals surface area (Å²) in [6.45, 7) is 5.81. The summed E-state index contributed by atoms with van der Waals surface area (Å²) >= 11 is 0. The number of amides is 1. The van der Waals surface area contributed by atoms with Crippen molar-refractivity contribution in [3.8, 4) is 0 Å². The lowest BCUT2D eigenvalue weighted by Gasteiger charge is -2.32. The first-order valence-electron chi connectivity index (χ1n) is 9.69. The minimum atomic E-state index is -0.345. The third-order valence-electron chi connectivity index (χ3n) is 6.01. The number of hydrogen-bond acceptors (Lipinski definition) is 3. The number of H-pyrrole nitrogens is 1. The number of carbonyl (C=O) groups excluding carboxylic acids is 1. The number of aromatic amines is 1. The summed E-state index contributed by atoms with van der Waals surface area (Å²) < 4.78 is 0. The zero-order chi connectivity index (χ0) is 18.1. The van der Waals surface area contributed by atoms with Gasteiger partial charge in [0.15, 0.2) is 0 Å². The molecule has 1 fully saturated rings. The first-order chi connectivity index (χ1) is 12.6. The molecule has 0 unspecified atom stereocenters. The molecule has 2 aliphatic rings. The maximum absolute atomic E-state index is 12.9. The van der Waals surface area contributed by atoms with Crippen molar-refractivity contribution in [2.24, 2.45) is 0 Å². The van der Waals surface area contributed by atoms with Crippen molar-refractivity contribution in [2.45, 2.75) is 57.4 Å². The molecule has 5 heteroatoms. The van der Waals surface area contributed by atoms with Gasteiger partial charge in [0, 0.05) is 30.6 Å². The topological polar surface area (TPSA) is 69.8 Å². The molecule has 0 spiro atoms. The molecule has 1 atom stereocenters. The van der Waals surface area contributed by atoms with Crippen molar-refractivity contribution in [1.82, 2.24) is 20.6 Å². The van der Waals surface area contributed by atoms with Crippen molar-refractivity contribution in [3.05, 3.63) is 52.6 Å². The van der Waals surface area contributed by atoms with Crippen LogP contribution in [-0.2, 0) is 16.6 Å². The molecule has 26 heavy (non-hydrogen) atoms. The molecule has 2 aromatic rings. The van der Waals surface area contributed by atoms with E-state index in [2.05, 4.69) is 52.6 Å². The van der Waals surface area contributed by atoms with Gasteiger partial charge in [0.1, 0.15) is 6.04 Å². The van der Waals surface area contributed by atoms with Crippen LogP contribution in [0, 0.1) is 13.8 Å². The third kappa shape index (κ3) is 3.16. The molecule has 3 N–H and O–H groups in total. The van der Waals surface area contributed by atoms with Crippen LogP contribution in [0.2, 0.25) is 0 Å². The minimum Gasteiger partial charge on any atom is -0.353 e. The number of nitrogens with zero attached hydrogens (tertiary/aromatic N) is 1. The molecule has 1 aliphatic carbocycles. The van der Waals surface area contributed by atoms with Gasteiger partial charge in [-0.2, -0.15) is 0 Å². The number of imidazole rings is 1. The van der Waals surface area contributed by atoms with Crippen molar-refractivity contribution < 1.29 is 4.79 Å². The lowest BCUT2D eigenvalue weighted by Crippen LogP contribution is -2.46. The normalized spacial score (nSPS) is 21.4. The highest BCUT2D eigenvalue weighted by atomic mass is 16.2. The highest BCUT2D eigenvalue weighted by Gasteiger charge is 2.37. The van der Waals surface area contributed by atoms with Crippen LogP contribution in [0.5, 0.6) is 0 Å². The van der Waals surface area contributed by atoms with Gasteiger partial charge < -0.3 is 15.6 Å². The number of hydrogen-bond donors (Lipinski definition) is 3. The Labute approximate surface area is 155 Å². The van der Waals surface area contributed by atoms with Crippen molar-refractivity contribution in [3.63, 3.8) is 0 Å². The largest absolute Gasteiger partial charge is 0.353 e. The van der Waals surface area contributed by atoms with Gasteiger partial charge >= 0.3 is 0 Å². The first-order valence-corrected chi connectivity index (χ1v) is 9.69. The van der Waals surface area contributed by atoms with Gasteiger partial charge in [-0.15, -0.1) is 0 Å². The lowest BCUT2D eigenvalue weighted by atomic mass is 9.77. The van der Waals surface area contributed by atoms with E-state index in [-0.39, 0.29) is 17.4 Å². The molecule has 138 valence electrons. The summed E-state index contributed by atoms with van der Waals surface area (Å²) in [7, 11) is 0. The van der Waals surface area contributed by atoms with Gasteiger partial charge in [-0.25, -0.2) is 4.98 Å². The Morgan fingerprint density at radius 2 is 1.96 bits per heavy atom. The average molecular weight is 352 g/mol. The van der Waals surface area contributed by atoms with E-state index in [1.165, 1.54) is 29.5 Å². The van der Waals surface area contributed by atoms with Gasteiger partial charge in [-0.1, -0.05) is 42.2 Å². The smallest absolute Gasteiger partial charge is 0.243 e. The molecule has 0 saturated heterocycles. The predicted octanol–water partition coefficient (Wildman–Crippen LogP) is 2.84. The molecule has 1 saturated carbocycles. The monoisotopic (exact) mass is 352 g/mol. The molecule has 2 heterocycles. The Morgan fingerprint density at radius 1 is 1.23 bits per heavy atom. The van der Waals surface area contributed by atoms with Crippen LogP contribution >= 0.6 is 0 Å². The zero-order valence-electron chi connectivity index (χ0n) is 15.7. The van der Waals surface area contributed by atoms with E-state index in [1.807, 2.05) is 0 Å². The molecule has 1 amide bonds. The molecular formula is C21H28N4O. The Kier molecular flexibility index (Phi) is 4.57. The Hall–Kier alpha value is -2.14. The predicted molar refractivity (Wildman–Crippen MR) is 102 cm³/mol. The summed E-state index contributed by atoms with van der Waals surface area (Å²) in [5, 5.41) is 6.56. The number of aromatic nitrogens is 2. The minimum absolute atomic E-state index is 0.0358. The van der Waals surface area contributed by atoms with Crippen LogP contribution in [0.15, 0.2) is 24.5 Å². The van der Waals surface area contributed by atoms with E-state index in [4.69, 9.17) is 0 Å².